The quantitative estimate of drug-likeness (QED) is 0.817. The van der Waals surface area contributed by atoms with Gasteiger partial charge in [-0.05, 0) is 37.3 Å². The molecular formula is C17H21NO3. The van der Waals surface area contributed by atoms with Gasteiger partial charge in [0.25, 0.3) is 0 Å². The monoisotopic (exact) mass is 287 g/mol. The molecule has 0 fully saturated rings. The fraction of sp³-hybridized carbons (Fsp3) is 0.412. The molecule has 2 rings (SSSR count). The lowest BCUT2D eigenvalue weighted by molar-refractivity contribution is -0.147. The molecule has 0 aromatic heterocycles. The minimum absolute atomic E-state index is 0.152. The molecule has 1 amide bonds. The van der Waals surface area contributed by atoms with Gasteiger partial charge in [-0.15, -0.1) is 0 Å². The molecule has 2 unspecified atom stereocenters. The third kappa shape index (κ3) is 3.94. The van der Waals surface area contributed by atoms with E-state index in [9.17, 15) is 14.7 Å². The Kier molecular flexibility index (Phi) is 5.14. The summed E-state index contributed by atoms with van der Waals surface area (Å²) in [6.45, 7) is 2.58. The number of carbonyl (C=O) groups is 2. The van der Waals surface area contributed by atoms with Crippen LogP contribution < -0.4 is 5.32 Å². The first-order valence-electron chi connectivity index (χ1n) is 7.29. The maximum Gasteiger partial charge on any atom is 0.307 e. The molecule has 0 saturated heterocycles. The van der Waals surface area contributed by atoms with Crippen LogP contribution in [0.5, 0.6) is 0 Å². The van der Waals surface area contributed by atoms with E-state index < -0.39 is 17.8 Å². The van der Waals surface area contributed by atoms with Crippen LogP contribution in [0.4, 0.5) is 0 Å². The Balaban J connectivity index is 1.88. The van der Waals surface area contributed by atoms with Crippen LogP contribution in [-0.2, 0) is 16.0 Å². The van der Waals surface area contributed by atoms with Gasteiger partial charge in [0.2, 0.25) is 5.91 Å². The van der Waals surface area contributed by atoms with Gasteiger partial charge in [-0.1, -0.05) is 36.4 Å². The van der Waals surface area contributed by atoms with Gasteiger partial charge < -0.3 is 10.4 Å². The second kappa shape index (κ2) is 7.07. The van der Waals surface area contributed by atoms with E-state index in [1.165, 1.54) is 11.1 Å². The number of rotatable bonds is 5. The fourth-order valence-corrected chi connectivity index (χ4v) is 2.72. The Bertz CT molecular complexity index is 551. The predicted molar refractivity (Wildman–Crippen MR) is 80.9 cm³/mol. The van der Waals surface area contributed by atoms with Crippen molar-refractivity contribution in [3.05, 3.63) is 47.5 Å². The van der Waals surface area contributed by atoms with Crippen molar-refractivity contribution >= 4 is 11.9 Å². The third-order valence-corrected chi connectivity index (χ3v) is 4.04. The van der Waals surface area contributed by atoms with Gasteiger partial charge in [0.05, 0.1) is 11.8 Å². The number of aliphatic carboxylic acids is 1. The molecule has 0 bridgehead atoms. The zero-order valence-corrected chi connectivity index (χ0v) is 12.2. The van der Waals surface area contributed by atoms with Crippen LogP contribution in [0, 0.1) is 18.8 Å². The van der Waals surface area contributed by atoms with E-state index in [0.29, 0.717) is 19.4 Å². The number of allylic oxidation sites excluding steroid dienone is 2. The summed E-state index contributed by atoms with van der Waals surface area (Å²) in [6.07, 6.45) is 5.44. The predicted octanol–water partition coefficient (Wildman–Crippen LogP) is 2.32. The maximum absolute atomic E-state index is 12.2. The summed E-state index contributed by atoms with van der Waals surface area (Å²) >= 11 is 0. The molecule has 0 radical (unpaired) electrons. The molecule has 21 heavy (non-hydrogen) atoms. The molecule has 0 spiro atoms. The first-order valence-corrected chi connectivity index (χ1v) is 7.29. The van der Waals surface area contributed by atoms with E-state index in [2.05, 4.69) is 5.32 Å². The summed E-state index contributed by atoms with van der Waals surface area (Å²) in [6, 6.07) is 8.06. The topological polar surface area (TPSA) is 66.4 Å². The Morgan fingerprint density at radius 2 is 1.86 bits per heavy atom. The van der Waals surface area contributed by atoms with Crippen molar-refractivity contribution in [2.75, 3.05) is 6.54 Å². The van der Waals surface area contributed by atoms with Crippen LogP contribution in [0.1, 0.15) is 24.0 Å². The number of carbonyl (C=O) groups excluding carboxylic acids is 1. The van der Waals surface area contributed by atoms with E-state index in [-0.39, 0.29) is 5.91 Å². The highest BCUT2D eigenvalue weighted by Gasteiger charge is 2.33. The van der Waals surface area contributed by atoms with Gasteiger partial charge in [-0.3, -0.25) is 9.59 Å². The highest BCUT2D eigenvalue weighted by atomic mass is 16.4. The van der Waals surface area contributed by atoms with Crippen molar-refractivity contribution in [1.29, 1.82) is 0 Å². The summed E-state index contributed by atoms with van der Waals surface area (Å²) in [5.74, 6) is -2.10. The number of hydrogen-bond acceptors (Lipinski definition) is 2. The van der Waals surface area contributed by atoms with E-state index >= 15 is 0 Å². The van der Waals surface area contributed by atoms with E-state index in [1.807, 2.05) is 43.3 Å². The number of aryl methyl sites for hydroxylation is 1. The average molecular weight is 287 g/mol. The molecule has 4 heteroatoms. The largest absolute Gasteiger partial charge is 0.481 e. The first kappa shape index (κ1) is 15.3. The number of carboxylic acids is 1. The molecule has 1 aromatic carbocycles. The fourth-order valence-electron chi connectivity index (χ4n) is 2.72. The van der Waals surface area contributed by atoms with Crippen LogP contribution >= 0.6 is 0 Å². The van der Waals surface area contributed by atoms with Crippen LogP contribution in [0.3, 0.4) is 0 Å². The number of amides is 1. The van der Waals surface area contributed by atoms with Crippen molar-refractivity contribution in [3.8, 4) is 0 Å². The Hall–Kier alpha value is -2.10. The van der Waals surface area contributed by atoms with E-state index in [1.54, 1.807) is 0 Å². The average Bonchev–Trinajstić information content (AvgIpc) is 2.49. The third-order valence-electron chi connectivity index (χ3n) is 4.04. The molecule has 0 saturated carbocycles. The standard InChI is InChI=1S/C17H21NO3/c1-12-6-2-3-7-13(12)10-11-18-16(19)14-8-4-5-9-15(14)17(20)21/h2-7,14-15H,8-11H2,1H3,(H,18,19)(H,20,21). The number of benzene rings is 1. The second-order valence-electron chi connectivity index (χ2n) is 5.46. The summed E-state index contributed by atoms with van der Waals surface area (Å²) in [4.78, 5) is 23.4. The molecule has 1 aliphatic rings. The smallest absolute Gasteiger partial charge is 0.307 e. The number of nitrogens with one attached hydrogen (secondary N) is 1. The summed E-state index contributed by atoms with van der Waals surface area (Å²) in [5, 5.41) is 12.1. The van der Waals surface area contributed by atoms with Gasteiger partial charge in [-0.25, -0.2) is 0 Å². The zero-order valence-electron chi connectivity index (χ0n) is 12.2. The van der Waals surface area contributed by atoms with Crippen LogP contribution in [0.25, 0.3) is 0 Å². The van der Waals surface area contributed by atoms with Gasteiger partial charge >= 0.3 is 5.97 Å². The lowest BCUT2D eigenvalue weighted by atomic mass is 9.82. The molecular weight excluding hydrogens is 266 g/mol. The van der Waals surface area contributed by atoms with E-state index in [4.69, 9.17) is 0 Å². The number of hydrogen-bond donors (Lipinski definition) is 2. The Morgan fingerprint density at radius 3 is 2.52 bits per heavy atom. The molecule has 0 aliphatic heterocycles. The van der Waals surface area contributed by atoms with Crippen molar-refractivity contribution < 1.29 is 14.7 Å². The van der Waals surface area contributed by atoms with Crippen molar-refractivity contribution in [1.82, 2.24) is 5.32 Å². The molecule has 1 aliphatic carbocycles. The second-order valence-corrected chi connectivity index (χ2v) is 5.46. The van der Waals surface area contributed by atoms with Crippen molar-refractivity contribution in [3.63, 3.8) is 0 Å². The molecule has 112 valence electrons. The molecule has 2 N–H and O–H groups in total. The molecule has 0 heterocycles. The molecule has 1 aromatic rings. The van der Waals surface area contributed by atoms with Crippen LogP contribution in [0.15, 0.2) is 36.4 Å². The Morgan fingerprint density at radius 1 is 1.19 bits per heavy atom. The highest BCUT2D eigenvalue weighted by molar-refractivity contribution is 5.85. The van der Waals surface area contributed by atoms with Crippen LogP contribution in [0.2, 0.25) is 0 Å². The summed E-state index contributed by atoms with van der Waals surface area (Å²) in [7, 11) is 0. The maximum atomic E-state index is 12.2. The van der Waals surface area contributed by atoms with Crippen molar-refractivity contribution in [2.45, 2.75) is 26.2 Å². The van der Waals surface area contributed by atoms with Gasteiger partial charge in [0.1, 0.15) is 0 Å². The summed E-state index contributed by atoms with van der Waals surface area (Å²) < 4.78 is 0. The van der Waals surface area contributed by atoms with E-state index in [0.717, 1.165) is 6.42 Å². The van der Waals surface area contributed by atoms with Gasteiger partial charge in [0.15, 0.2) is 0 Å². The first-order chi connectivity index (χ1) is 10.1. The molecule has 2 atom stereocenters. The highest BCUT2D eigenvalue weighted by Crippen LogP contribution is 2.26. The number of carboxylic acid groups (broad SMARTS) is 1. The normalized spacial score (nSPS) is 21.0. The zero-order chi connectivity index (χ0) is 15.2. The molecule has 4 nitrogen and oxygen atoms in total. The minimum Gasteiger partial charge on any atom is -0.481 e. The SMILES string of the molecule is Cc1ccccc1CCNC(=O)C1CC=CCC1C(=O)O. The van der Waals surface area contributed by atoms with Gasteiger partial charge in [-0.2, -0.15) is 0 Å². The lowest BCUT2D eigenvalue weighted by Gasteiger charge is -2.24. The minimum atomic E-state index is -0.890. The van der Waals surface area contributed by atoms with Crippen LogP contribution in [-0.4, -0.2) is 23.5 Å². The van der Waals surface area contributed by atoms with Gasteiger partial charge in [0, 0.05) is 6.54 Å². The van der Waals surface area contributed by atoms with Crippen molar-refractivity contribution in [2.24, 2.45) is 11.8 Å². The Labute approximate surface area is 124 Å². The summed E-state index contributed by atoms with van der Waals surface area (Å²) in [5.41, 5.74) is 2.41. The lowest BCUT2D eigenvalue weighted by Crippen LogP contribution is -2.39.